The van der Waals surface area contributed by atoms with Crippen molar-refractivity contribution in [1.29, 1.82) is 0 Å². The van der Waals surface area contributed by atoms with Gasteiger partial charge in [0.05, 0.1) is 11.7 Å². The molecule has 1 aromatic rings. The van der Waals surface area contributed by atoms with Crippen LogP contribution < -0.4 is 0 Å². The lowest BCUT2D eigenvalue weighted by molar-refractivity contribution is -0.202. The van der Waals surface area contributed by atoms with E-state index in [0.717, 1.165) is 4.90 Å². The molecule has 0 aliphatic carbocycles. The third-order valence-electron chi connectivity index (χ3n) is 5.36. The van der Waals surface area contributed by atoms with E-state index in [1.807, 2.05) is 13.0 Å². The number of esters is 1. The molecule has 1 aliphatic rings. The highest BCUT2D eigenvalue weighted by molar-refractivity contribution is 6.74. The van der Waals surface area contributed by atoms with E-state index in [1.54, 1.807) is 24.3 Å². The number of rotatable bonds is 6. The first-order valence-corrected chi connectivity index (χ1v) is 11.8. The van der Waals surface area contributed by atoms with Crippen LogP contribution in [0.1, 0.15) is 38.1 Å². The molecule has 6 nitrogen and oxygen atoms in total. The van der Waals surface area contributed by atoms with Crippen molar-refractivity contribution in [2.45, 2.75) is 58.2 Å². The summed E-state index contributed by atoms with van der Waals surface area (Å²) in [6, 6.07) is 8.59. The third-order valence-corrected chi connectivity index (χ3v) is 9.94. The number of aliphatic hydroxyl groups excluding tert-OH is 1. The van der Waals surface area contributed by atoms with Crippen LogP contribution in [0.3, 0.4) is 0 Å². The fourth-order valence-electron chi connectivity index (χ4n) is 2.74. The first-order chi connectivity index (χ1) is 12.0. The van der Waals surface area contributed by atoms with Gasteiger partial charge in [-0.1, -0.05) is 39.0 Å². The van der Waals surface area contributed by atoms with Crippen molar-refractivity contribution in [2.24, 2.45) is 5.92 Å². The van der Waals surface area contributed by atoms with Gasteiger partial charge in [0, 0.05) is 0 Å². The highest BCUT2D eigenvalue weighted by atomic mass is 28.4. The van der Waals surface area contributed by atoms with Gasteiger partial charge < -0.3 is 14.3 Å². The van der Waals surface area contributed by atoms with Crippen molar-refractivity contribution in [3.8, 4) is 0 Å². The molecule has 0 spiro atoms. The Kier molecular flexibility index (Phi) is 5.94. The highest BCUT2D eigenvalue weighted by Gasteiger charge is 2.54. The summed E-state index contributed by atoms with van der Waals surface area (Å²) in [5.74, 6) is -1.39. The van der Waals surface area contributed by atoms with Crippen LogP contribution in [-0.4, -0.2) is 49.3 Å². The Morgan fingerprint density at radius 2 is 1.85 bits per heavy atom. The quantitative estimate of drug-likeness (QED) is 0.467. The fourth-order valence-corrected chi connectivity index (χ4v) is 4.17. The molecule has 26 heavy (non-hydrogen) atoms. The first-order valence-electron chi connectivity index (χ1n) is 8.85. The van der Waals surface area contributed by atoms with Gasteiger partial charge >= 0.3 is 5.97 Å². The number of β-lactam (4-membered cyclic amide) rings is 1. The molecular formula is C19H29NO5Si. The van der Waals surface area contributed by atoms with E-state index >= 15 is 0 Å². The maximum atomic E-state index is 12.4. The number of aliphatic hydroxyl groups is 1. The topological polar surface area (TPSA) is 76.1 Å². The van der Waals surface area contributed by atoms with Crippen LogP contribution in [0, 0.1) is 5.92 Å². The highest BCUT2D eigenvalue weighted by Crippen LogP contribution is 2.40. The Hall–Kier alpha value is -1.70. The van der Waals surface area contributed by atoms with Gasteiger partial charge in [-0.25, -0.2) is 4.79 Å². The zero-order valence-electron chi connectivity index (χ0n) is 16.4. The molecule has 0 unspecified atom stereocenters. The molecule has 3 atom stereocenters. The first kappa shape index (κ1) is 20.6. The van der Waals surface area contributed by atoms with Crippen LogP contribution >= 0.6 is 0 Å². The monoisotopic (exact) mass is 379 g/mol. The second kappa shape index (κ2) is 7.50. The van der Waals surface area contributed by atoms with Crippen molar-refractivity contribution >= 4 is 20.2 Å². The van der Waals surface area contributed by atoms with Crippen LogP contribution in [0.15, 0.2) is 30.3 Å². The molecule has 1 N–H and O–H groups in total. The average Bonchev–Trinajstić information content (AvgIpc) is 2.54. The minimum Gasteiger partial charge on any atom is -0.437 e. The van der Waals surface area contributed by atoms with Gasteiger partial charge in [-0.15, -0.1) is 0 Å². The summed E-state index contributed by atoms with van der Waals surface area (Å²) in [4.78, 5) is 25.9. The Bertz CT molecular complexity index is 656. The fraction of sp³-hybridized carbons (Fsp3) is 0.579. The zero-order chi connectivity index (χ0) is 19.7. The molecule has 1 amide bonds. The maximum absolute atomic E-state index is 12.4. The molecule has 2 rings (SSSR count). The number of carbonyl (C=O) groups is 2. The minimum absolute atomic E-state index is 0.000925. The zero-order valence-corrected chi connectivity index (χ0v) is 17.4. The van der Waals surface area contributed by atoms with Crippen LogP contribution in [0.2, 0.25) is 18.1 Å². The van der Waals surface area contributed by atoms with Crippen LogP contribution in [-0.2, 0) is 14.0 Å². The molecule has 0 saturated carbocycles. The normalized spacial score (nSPS) is 22.0. The van der Waals surface area contributed by atoms with Crippen LogP contribution in [0.25, 0.3) is 0 Å². The number of ether oxygens (including phenoxy) is 1. The summed E-state index contributed by atoms with van der Waals surface area (Å²) in [6.45, 7) is 11.9. The number of likely N-dealkylation sites (tertiary alicyclic amines) is 1. The molecule has 1 aliphatic heterocycles. The molecule has 7 heteroatoms. The van der Waals surface area contributed by atoms with Gasteiger partial charge in [0.1, 0.15) is 12.6 Å². The Morgan fingerprint density at radius 1 is 1.27 bits per heavy atom. The van der Waals surface area contributed by atoms with E-state index in [4.69, 9.17) is 9.16 Å². The van der Waals surface area contributed by atoms with E-state index < -0.39 is 39.3 Å². The van der Waals surface area contributed by atoms with E-state index in [2.05, 4.69) is 33.9 Å². The Labute approximate surface area is 156 Å². The molecule has 1 aromatic carbocycles. The summed E-state index contributed by atoms with van der Waals surface area (Å²) in [5.41, 5.74) is 0.404. The molecule has 144 valence electrons. The molecular weight excluding hydrogens is 350 g/mol. The lowest BCUT2D eigenvalue weighted by atomic mass is 9.91. The number of amides is 1. The predicted octanol–water partition coefficient (Wildman–Crippen LogP) is 2.99. The van der Waals surface area contributed by atoms with Crippen molar-refractivity contribution < 1.29 is 23.9 Å². The van der Waals surface area contributed by atoms with Gasteiger partial charge in [0.25, 0.3) is 0 Å². The number of hydrogen-bond donors (Lipinski definition) is 1. The van der Waals surface area contributed by atoms with Gasteiger partial charge in [-0.3, -0.25) is 9.69 Å². The minimum atomic E-state index is -2.08. The summed E-state index contributed by atoms with van der Waals surface area (Å²) in [7, 11) is -2.08. The molecule has 1 fully saturated rings. The van der Waals surface area contributed by atoms with E-state index in [-0.39, 0.29) is 10.9 Å². The Morgan fingerprint density at radius 3 is 2.35 bits per heavy atom. The summed E-state index contributed by atoms with van der Waals surface area (Å²) in [6.07, 6.45) is -1.22. The largest absolute Gasteiger partial charge is 0.437 e. The Balaban J connectivity index is 2.13. The maximum Gasteiger partial charge on any atom is 0.340 e. The summed E-state index contributed by atoms with van der Waals surface area (Å²) < 4.78 is 11.8. The lowest BCUT2D eigenvalue weighted by Crippen LogP contribution is -2.67. The SMILES string of the molecule is C[C@@H](O[Si](C)(C)C(C)(C)C)[C@H]1C(=O)N(CO)[C@@H]1OC(=O)c1ccccc1. The van der Waals surface area contributed by atoms with Crippen LogP contribution in [0.4, 0.5) is 0 Å². The number of hydrogen-bond acceptors (Lipinski definition) is 5. The second-order valence-corrected chi connectivity index (χ2v) is 13.0. The molecule has 0 bridgehead atoms. The van der Waals surface area contributed by atoms with E-state index in [1.165, 1.54) is 0 Å². The molecule has 1 heterocycles. The van der Waals surface area contributed by atoms with Crippen LogP contribution in [0.5, 0.6) is 0 Å². The smallest absolute Gasteiger partial charge is 0.340 e. The molecule has 0 radical (unpaired) electrons. The van der Waals surface area contributed by atoms with Crippen molar-refractivity contribution in [1.82, 2.24) is 4.90 Å². The second-order valence-electron chi connectivity index (χ2n) is 8.22. The number of nitrogens with zero attached hydrogens (tertiary/aromatic N) is 1. The summed E-state index contributed by atoms with van der Waals surface area (Å²) in [5, 5.41) is 9.45. The predicted molar refractivity (Wildman–Crippen MR) is 101 cm³/mol. The average molecular weight is 380 g/mol. The van der Waals surface area contributed by atoms with Crippen molar-refractivity contribution in [3.63, 3.8) is 0 Å². The number of benzene rings is 1. The van der Waals surface area contributed by atoms with Gasteiger partial charge in [0.15, 0.2) is 14.5 Å². The number of carbonyl (C=O) groups excluding carboxylic acids is 2. The van der Waals surface area contributed by atoms with E-state index in [9.17, 15) is 14.7 Å². The third kappa shape index (κ3) is 4.00. The summed E-state index contributed by atoms with van der Waals surface area (Å²) >= 11 is 0. The van der Waals surface area contributed by atoms with Gasteiger partial charge in [-0.05, 0) is 37.2 Å². The van der Waals surface area contributed by atoms with E-state index in [0.29, 0.717) is 5.56 Å². The van der Waals surface area contributed by atoms with Gasteiger partial charge in [0.2, 0.25) is 5.91 Å². The lowest BCUT2D eigenvalue weighted by Gasteiger charge is -2.49. The van der Waals surface area contributed by atoms with Crippen molar-refractivity contribution in [3.05, 3.63) is 35.9 Å². The molecule has 0 aromatic heterocycles. The van der Waals surface area contributed by atoms with Gasteiger partial charge in [-0.2, -0.15) is 0 Å². The van der Waals surface area contributed by atoms with Crippen molar-refractivity contribution in [2.75, 3.05) is 6.73 Å². The molecule has 1 saturated heterocycles. The standard InChI is InChI=1S/C19H29NO5Si/c1-13(25-26(5,6)19(2,3)4)15-16(22)20(12-21)17(15)24-18(23)14-10-8-7-9-11-14/h7-11,13,15,17,21H,12H2,1-6H3/t13-,15+,17-/m1/s1.